The maximum atomic E-state index is 11.6. The van der Waals surface area contributed by atoms with Gasteiger partial charge in [-0.25, -0.2) is 0 Å². The smallest absolute Gasteiger partial charge is 0.248 e. The highest BCUT2D eigenvalue weighted by Gasteiger charge is 2.12. The molecule has 2 aromatic rings. The van der Waals surface area contributed by atoms with Crippen LogP contribution in [0.15, 0.2) is 36.4 Å². The predicted octanol–water partition coefficient (Wildman–Crippen LogP) is 3.64. The number of Topliss-reactive ketones (excluding diaryl/α,β-unsaturated/α-hetero) is 2. The molecule has 30 heavy (non-hydrogen) atoms. The van der Waals surface area contributed by atoms with Gasteiger partial charge in [-0.15, -0.1) is 0 Å². The molecule has 0 aromatic heterocycles. The number of primary amides is 2. The fourth-order valence-corrected chi connectivity index (χ4v) is 3.50. The summed E-state index contributed by atoms with van der Waals surface area (Å²) in [6, 6.07) is 9.96. The zero-order chi connectivity index (χ0) is 22.3. The topological polar surface area (TPSA) is 120 Å². The number of amides is 2. The first-order valence-electron chi connectivity index (χ1n) is 10.1. The van der Waals surface area contributed by atoms with E-state index in [1.54, 1.807) is 36.4 Å². The monoisotopic (exact) mass is 408 g/mol. The van der Waals surface area contributed by atoms with Crippen molar-refractivity contribution in [3.63, 3.8) is 0 Å². The molecular formula is C24H28N2O4. The summed E-state index contributed by atoms with van der Waals surface area (Å²) in [7, 11) is 0. The van der Waals surface area contributed by atoms with Crippen LogP contribution in [0.1, 0.15) is 92.1 Å². The van der Waals surface area contributed by atoms with E-state index in [0.717, 1.165) is 36.8 Å². The molecule has 0 spiro atoms. The van der Waals surface area contributed by atoms with E-state index in [9.17, 15) is 19.2 Å². The van der Waals surface area contributed by atoms with E-state index in [4.69, 9.17) is 11.5 Å². The lowest BCUT2D eigenvalue weighted by Crippen LogP contribution is -2.14. The van der Waals surface area contributed by atoms with Crippen LogP contribution in [-0.2, 0) is 12.8 Å². The van der Waals surface area contributed by atoms with E-state index in [1.165, 1.54) is 13.8 Å². The van der Waals surface area contributed by atoms with Crippen LogP contribution in [0.5, 0.6) is 0 Å². The van der Waals surface area contributed by atoms with Gasteiger partial charge in [-0.3, -0.25) is 19.2 Å². The molecule has 0 saturated heterocycles. The number of rotatable bonds is 11. The lowest BCUT2D eigenvalue weighted by atomic mass is 9.95. The van der Waals surface area contributed by atoms with Crippen LogP contribution in [0.25, 0.3) is 0 Å². The minimum Gasteiger partial charge on any atom is -0.366 e. The number of carbonyl (C=O) groups is 4. The van der Waals surface area contributed by atoms with Gasteiger partial charge in [-0.05, 0) is 74.9 Å². The van der Waals surface area contributed by atoms with E-state index in [1.807, 2.05) is 0 Å². The van der Waals surface area contributed by atoms with Gasteiger partial charge in [0.05, 0.1) is 0 Å². The highest BCUT2D eigenvalue weighted by molar-refractivity contribution is 5.99. The average molecular weight is 408 g/mol. The van der Waals surface area contributed by atoms with Crippen LogP contribution in [-0.4, -0.2) is 23.4 Å². The van der Waals surface area contributed by atoms with Crippen LogP contribution in [0.3, 0.4) is 0 Å². The normalized spacial score (nSPS) is 10.6. The van der Waals surface area contributed by atoms with Gasteiger partial charge in [0, 0.05) is 22.3 Å². The minimum atomic E-state index is -0.496. The Balaban J connectivity index is 1.93. The van der Waals surface area contributed by atoms with Gasteiger partial charge in [-0.1, -0.05) is 25.0 Å². The van der Waals surface area contributed by atoms with Crippen molar-refractivity contribution in [2.45, 2.75) is 52.4 Å². The summed E-state index contributed by atoms with van der Waals surface area (Å²) in [6.45, 7) is 2.98. The summed E-state index contributed by atoms with van der Waals surface area (Å²) in [5.41, 5.74) is 14.5. The molecular weight excluding hydrogens is 380 g/mol. The quantitative estimate of drug-likeness (QED) is 0.435. The molecule has 0 unspecified atom stereocenters. The highest BCUT2D eigenvalue weighted by atomic mass is 16.1. The van der Waals surface area contributed by atoms with Gasteiger partial charge in [-0.2, -0.15) is 0 Å². The van der Waals surface area contributed by atoms with Crippen molar-refractivity contribution in [1.29, 1.82) is 0 Å². The largest absolute Gasteiger partial charge is 0.366 e. The molecule has 6 heteroatoms. The Hall–Kier alpha value is -3.28. The fraction of sp³-hybridized carbons (Fsp3) is 0.333. The zero-order valence-electron chi connectivity index (χ0n) is 17.5. The maximum Gasteiger partial charge on any atom is 0.248 e. The number of unbranched alkanes of at least 4 members (excludes halogenated alkanes) is 3. The van der Waals surface area contributed by atoms with Gasteiger partial charge >= 0.3 is 0 Å². The lowest BCUT2D eigenvalue weighted by molar-refractivity contribution is 0.0990. The average Bonchev–Trinajstić information content (AvgIpc) is 2.69. The van der Waals surface area contributed by atoms with E-state index < -0.39 is 11.8 Å². The molecule has 4 N–H and O–H groups in total. The van der Waals surface area contributed by atoms with Crippen LogP contribution in [0, 0.1) is 0 Å². The van der Waals surface area contributed by atoms with Crippen LogP contribution < -0.4 is 11.5 Å². The number of benzene rings is 2. The first kappa shape index (κ1) is 23.0. The fourth-order valence-electron chi connectivity index (χ4n) is 3.50. The lowest BCUT2D eigenvalue weighted by Gasteiger charge is -2.10. The number of hydrogen-bond acceptors (Lipinski definition) is 4. The van der Waals surface area contributed by atoms with E-state index in [0.29, 0.717) is 35.1 Å². The molecule has 0 atom stereocenters. The molecule has 0 aliphatic carbocycles. The van der Waals surface area contributed by atoms with Crippen LogP contribution in [0.2, 0.25) is 0 Å². The molecule has 2 amide bonds. The van der Waals surface area contributed by atoms with E-state index in [-0.39, 0.29) is 11.6 Å². The Labute approximate surface area is 176 Å². The summed E-state index contributed by atoms with van der Waals surface area (Å²) in [4.78, 5) is 46.5. The van der Waals surface area contributed by atoms with Crippen molar-refractivity contribution in [1.82, 2.24) is 0 Å². The SMILES string of the molecule is CC(=O)c1ccc(C(N)=O)c(CCCCCCc2cc(C(C)=O)ccc2C(N)=O)c1. The summed E-state index contributed by atoms with van der Waals surface area (Å²) < 4.78 is 0. The zero-order valence-corrected chi connectivity index (χ0v) is 17.5. The summed E-state index contributed by atoms with van der Waals surface area (Å²) in [5.74, 6) is -1.09. The molecule has 6 nitrogen and oxygen atoms in total. The van der Waals surface area contributed by atoms with Crippen molar-refractivity contribution in [2.75, 3.05) is 0 Å². The highest BCUT2D eigenvalue weighted by Crippen LogP contribution is 2.19. The minimum absolute atomic E-state index is 0.0506. The van der Waals surface area contributed by atoms with Crippen LogP contribution in [0.4, 0.5) is 0 Å². The van der Waals surface area contributed by atoms with Crippen molar-refractivity contribution >= 4 is 23.4 Å². The van der Waals surface area contributed by atoms with Gasteiger partial charge in [0.1, 0.15) is 0 Å². The first-order valence-corrected chi connectivity index (χ1v) is 10.1. The van der Waals surface area contributed by atoms with Gasteiger partial charge in [0.15, 0.2) is 11.6 Å². The maximum absolute atomic E-state index is 11.6. The molecule has 0 aliphatic heterocycles. The second-order valence-electron chi connectivity index (χ2n) is 7.50. The third-order valence-electron chi connectivity index (χ3n) is 5.20. The van der Waals surface area contributed by atoms with Gasteiger partial charge < -0.3 is 11.5 Å². The number of carbonyl (C=O) groups excluding carboxylic acids is 4. The van der Waals surface area contributed by atoms with Crippen molar-refractivity contribution in [2.24, 2.45) is 11.5 Å². The molecule has 2 aromatic carbocycles. The van der Waals surface area contributed by atoms with Crippen molar-refractivity contribution < 1.29 is 19.2 Å². The van der Waals surface area contributed by atoms with Gasteiger partial charge in [0.25, 0.3) is 0 Å². The summed E-state index contributed by atoms with van der Waals surface area (Å²) in [5, 5.41) is 0. The molecule has 0 bridgehead atoms. The number of nitrogens with two attached hydrogens (primary N) is 2. The molecule has 0 fully saturated rings. The van der Waals surface area contributed by atoms with E-state index in [2.05, 4.69) is 0 Å². The second-order valence-corrected chi connectivity index (χ2v) is 7.50. The third kappa shape index (κ3) is 6.11. The molecule has 0 aliphatic rings. The molecule has 0 saturated carbocycles. The van der Waals surface area contributed by atoms with E-state index >= 15 is 0 Å². The summed E-state index contributed by atoms with van der Waals surface area (Å²) >= 11 is 0. The third-order valence-corrected chi connectivity index (χ3v) is 5.20. The standard InChI is InChI=1S/C24H28N2O4/c1-15(27)17-9-11-21(23(25)29)19(13-17)7-5-3-4-6-8-20-14-18(16(2)28)10-12-22(20)24(26)30/h9-14H,3-8H2,1-2H3,(H2,25,29)(H2,26,30). The molecule has 2 rings (SSSR count). The Kier molecular flexibility index (Phi) is 8.04. The molecule has 0 heterocycles. The Morgan fingerprint density at radius 2 is 1.00 bits per heavy atom. The van der Waals surface area contributed by atoms with Gasteiger partial charge in [0.2, 0.25) is 11.8 Å². The Morgan fingerprint density at radius 3 is 1.30 bits per heavy atom. The van der Waals surface area contributed by atoms with Crippen molar-refractivity contribution in [3.8, 4) is 0 Å². The molecule has 0 radical (unpaired) electrons. The predicted molar refractivity (Wildman–Crippen MR) is 116 cm³/mol. The second kappa shape index (κ2) is 10.5. The Morgan fingerprint density at radius 1 is 0.633 bits per heavy atom. The molecule has 158 valence electrons. The summed E-state index contributed by atoms with van der Waals surface area (Å²) in [6.07, 6.45) is 4.84. The first-order chi connectivity index (χ1) is 14.2. The number of ketones is 2. The van der Waals surface area contributed by atoms with Crippen LogP contribution >= 0.6 is 0 Å². The number of hydrogen-bond donors (Lipinski definition) is 2. The Bertz CT molecular complexity index is 900. The van der Waals surface area contributed by atoms with Crippen molar-refractivity contribution in [3.05, 3.63) is 69.8 Å². The number of aryl methyl sites for hydroxylation is 2.